The van der Waals surface area contributed by atoms with E-state index in [9.17, 15) is 9.18 Å². The molecule has 2 atom stereocenters. The minimum absolute atomic E-state index is 0.0285. The molecule has 0 spiro atoms. The topological polar surface area (TPSA) is 49.3 Å². The zero-order valence-electron chi connectivity index (χ0n) is 8.82. The molecule has 0 heterocycles. The molecule has 0 saturated heterocycles. The first-order chi connectivity index (χ1) is 7.66. The van der Waals surface area contributed by atoms with Crippen LogP contribution in [-0.2, 0) is 11.3 Å². The second-order valence-electron chi connectivity index (χ2n) is 4.14. The number of rotatable bonds is 4. The Morgan fingerprint density at radius 3 is 2.88 bits per heavy atom. The number of carboxylic acids is 1. The van der Waals surface area contributed by atoms with Gasteiger partial charge in [-0.25, -0.2) is 4.39 Å². The molecule has 1 aliphatic carbocycles. The average Bonchev–Trinajstić information content (AvgIpc) is 2.15. The lowest BCUT2D eigenvalue weighted by Crippen LogP contribution is -2.47. The summed E-state index contributed by atoms with van der Waals surface area (Å²) in [6.45, 7) is 0.520. The maximum absolute atomic E-state index is 12.9. The third-order valence-corrected chi connectivity index (χ3v) is 3.05. The number of benzene rings is 1. The predicted molar refractivity (Wildman–Crippen MR) is 57.4 cm³/mol. The van der Waals surface area contributed by atoms with E-state index in [1.54, 1.807) is 6.07 Å². The van der Waals surface area contributed by atoms with Gasteiger partial charge in [0.15, 0.2) is 0 Å². The molecule has 2 unspecified atom stereocenters. The first kappa shape index (κ1) is 11.1. The largest absolute Gasteiger partial charge is 0.481 e. The Labute approximate surface area is 93.3 Å². The molecule has 0 amide bonds. The minimum Gasteiger partial charge on any atom is -0.481 e. The smallest absolute Gasteiger partial charge is 0.308 e. The van der Waals surface area contributed by atoms with Crippen molar-refractivity contribution >= 4 is 5.97 Å². The summed E-state index contributed by atoms with van der Waals surface area (Å²) < 4.78 is 12.9. The van der Waals surface area contributed by atoms with Crippen LogP contribution in [0.4, 0.5) is 4.39 Å². The summed E-state index contributed by atoms with van der Waals surface area (Å²) in [7, 11) is 0. The van der Waals surface area contributed by atoms with Crippen molar-refractivity contribution in [3.8, 4) is 0 Å². The zero-order chi connectivity index (χ0) is 11.5. The molecule has 86 valence electrons. The fraction of sp³-hybridized carbons (Fsp3) is 0.417. The maximum Gasteiger partial charge on any atom is 0.308 e. The molecule has 0 radical (unpaired) electrons. The summed E-state index contributed by atoms with van der Waals surface area (Å²) in [4.78, 5) is 10.8. The lowest BCUT2D eigenvalue weighted by atomic mass is 9.79. The molecule has 0 bridgehead atoms. The van der Waals surface area contributed by atoms with E-state index < -0.39 is 5.97 Å². The van der Waals surface area contributed by atoms with Crippen LogP contribution in [0.15, 0.2) is 24.3 Å². The van der Waals surface area contributed by atoms with E-state index in [2.05, 4.69) is 5.32 Å². The highest BCUT2D eigenvalue weighted by molar-refractivity contribution is 5.72. The first-order valence-electron chi connectivity index (χ1n) is 5.37. The second kappa shape index (κ2) is 4.61. The maximum atomic E-state index is 12.9. The first-order valence-corrected chi connectivity index (χ1v) is 5.37. The number of aliphatic carboxylic acids is 1. The molecule has 16 heavy (non-hydrogen) atoms. The molecule has 3 nitrogen and oxygen atoms in total. The molecule has 0 aromatic heterocycles. The van der Waals surface area contributed by atoms with Crippen molar-refractivity contribution in [1.29, 1.82) is 0 Å². The second-order valence-corrected chi connectivity index (χ2v) is 4.14. The van der Waals surface area contributed by atoms with Crippen LogP contribution in [-0.4, -0.2) is 17.1 Å². The van der Waals surface area contributed by atoms with Gasteiger partial charge in [0, 0.05) is 12.6 Å². The molecule has 1 fully saturated rings. The van der Waals surface area contributed by atoms with E-state index in [4.69, 9.17) is 5.11 Å². The third kappa shape index (κ3) is 2.39. The Morgan fingerprint density at radius 2 is 2.31 bits per heavy atom. The van der Waals surface area contributed by atoms with Crippen molar-refractivity contribution in [1.82, 2.24) is 5.32 Å². The van der Waals surface area contributed by atoms with Gasteiger partial charge in [-0.1, -0.05) is 12.1 Å². The summed E-state index contributed by atoms with van der Waals surface area (Å²) >= 11 is 0. The number of halogens is 1. The van der Waals surface area contributed by atoms with Crippen LogP contribution in [0.2, 0.25) is 0 Å². The highest BCUT2D eigenvalue weighted by atomic mass is 19.1. The van der Waals surface area contributed by atoms with Gasteiger partial charge in [-0.05, 0) is 30.5 Å². The van der Waals surface area contributed by atoms with Crippen molar-refractivity contribution in [2.24, 2.45) is 5.92 Å². The molecular weight excluding hydrogens is 209 g/mol. The number of carbonyl (C=O) groups is 1. The number of hydrogen-bond acceptors (Lipinski definition) is 2. The lowest BCUT2D eigenvalue weighted by Gasteiger charge is -2.34. The molecule has 0 aliphatic heterocycles. The van der Waals surface area contributed by atoms with Crippen molar-refractivity contribution in [3.63, 3.8) is 0 Å². The summed E-state index contributed by atoms with van der Waals surface area (Å²) in [5.74, 6) is -1.29. The third-order valence-electron chi connectivity index (χ3n) is 3.05. The van der Waals surface area contributed by atoms with Gasteiger partial charge in [0.2, 0.25) is 0 Å². The van der Waals surface area contributed by atoms with Crippen LogP contribution >= 0.6 is 0 Å². The molecule has 2 rings (SSSR count). The summed E-state index contributed by atoms with van der Waals surface area (Å²) in [5.41, 5.74) is 0.844. The molecule has 1 aromatic carbocycles. The number of carboxylic acid groups (broad SMARTS) is 1. The van der Waals surface area contributed by atoms with Crippen LogP contribution in [0.25, 0.3) is 0 Å². The van der Waals surface area contributed by atoms with E-state index in [0.29, 0.717) is 6.54 Å². The van der Waals surface area contributed by atoms with Gasteiger partial charge in [0.05, 0.1) is 5.92 Å². The summed E-state index contributed by atoms with van der Waals surface area (Å²) in [6.07, 6.45) is 1.61. The molecule has 2 N–H and O–H groups in total. The van der Waals surface area contributed by atoms with E-state index in [-0.39, 0.29) is 17.8 Å². The van der Waals surface area contributed by atoms with Gasteiger partial charge >= 0.3 is 5.97 Å². The van der Waals surface area contributed by atoms with Crippen molar-refractivity contribution in [2.45, 2.75) is 25.4 Å². The minimum atomic E-state index is -0.747. The highest BCUT2D eigenvalue weighted by Crippen LogP contribution is 2.27. The quantitative estimate of drug-likeness (QED) is 0.818. The van der Waals surface area contributed by atoms with Crippen LogP contribution in [0, 0.1) is 11.7 Å². The standard InChI is InChI=1S/C12H14FNO2/c13-9-3-1-2-8(6-9)7-14-11-5-4-10(11)12(15)16/h1-3,6,10-11,14H,4-5,7H2,(H,15,16). The molecule has 4 heteroatoms. The Hall–Kier alpha value is -1.42. The van der Waals surface area contributed by atoms with Gasteiger partial charge in [0.1, 0.15) is 5.82 Å². The van der Waals surface area contributed by atoms with Crippen LogP contribution in [0.5, 0.6) is 0 Å². The molecule has 1 aliphatic rings. The average molecular weight is 223 g/mol. The van der Waals surface area contributed by atoms with E-state index in [1.807, 2.05) is 6.07 Å². The monoisotopic (exact) mass is 223 g/mol. The fourth-order valence-corrected chi connectivity index (χ4v) is 1.94. The molecular formula is C12H14FNO2. The summed E-state index contributed by atoms with van der Waals surface area (Å²) in [6, 6.07) is 6.36. The van der Waals surface area contributed by atoms with Crippen molar-refractivity contribution in [3.05, 3.63) is 35.6 Å². The Bertz CT molecular complexity index is 394. The van der Waals surface area contributed by atoms with Gasteiger partial charge < -0.3 is 10.4 Å². The molecule has 1 saturated carbocycles. The van der Waals surface area contributed by atoms with Crippen LogP contribution < -0.4 is 5.32 Å². The van der Waals surface area contributed by atoms with E-state index in [0.717, 1.165) is 18.4 Å². The number of nitrogens with one attached hydrogen (secondary N) is 1. The van der Waals surface area contributed by atoms with Crippen LogP contribution in [0.1, 0.15) is 18.4 Å². The fourth-order valence-electron chi connectivity index (χ4n) is 1.94. The SMILES string of the molecule is O=C(O)C1CCC1NCc1cccc(F)c1. The molecule has 1 aromatic rings. The zero-order valence-corrected chi connectivity index (χ0v) is 8.82. The highest BCUT2D eigenvalue weighted by Gasteiger charge is 2.35. The Morgan fingerprint density at radius 1 is 1.50 bits per heavy atom. The van der Waals surface area contributed by atoms with Crippen molar-refractivity contribution in [2.75, 3.05) is 0 Å². The Kier molecular flexibility index (Phi) is 3.19. The van der Waals surface area contributed by atoms with E-state index in [1.165, 1.54) is 12.1 Å². The van der Waals surface area contributed by atoms with Gasteiger partial charge in [-0.2, -0.15) is 0 Å². The van der Waals surface area contributed by atoms with Gasteiger partial charge in [-0.15, -0.1) is 0 Å². The number of hydrogen-bond donors (Lipinski definition) is 2. The van der Waals surface area contributed by atoms with Gasteiger partial charge in [-0.3, -0.25) is 4.79 Å². The van der Waals surface area contributed by atoms with E-state index >= 15 is 0 Å². The van der Waals surface area contributed by atoms with Gasteiger partial charge in [0.25, 0.3) is 0 Å². The lowest BCUT2D eigenvalue weighted by molar-refractivity contribution is -0.146. The summed E-state index contributed by atoms with van der Waals surface area (Å²) in [5, 5.41) is 12.0. The van der Waals surface area contributed by atoms with Crippen LogP contribution in [0.3, 0.4) is 0 Å². The predicted octanol–water partition coefficient (Wildman–Crippen LogP) is 1.78. The Balaban J connectivity index is 1.86. The van der Waals surface area contributed by atoms with Crippen molar-refractivity contribution < 1.29 is 14.3 Å². The normalized spacial score (nSPS) is 23.8.